The average Bonchev–Trinajstić information content (AvgIpc) is 2.96. The molecule has 0 radical (unpaired) electrons. The topological polar surface area (TPSA) is 46.9 Å². The monoisotopic (exact) mass is 293 g/mol. The molecule has 1 atom stereocenters. The zero-order valence-electron chi connectivity index (χ0n) is 11.9. The van der Waals surface area contributed by atoms with Gasteiger partial charge in [0.2, 0.25) is 0 Å². The number of aromatic nitrogens is 2. The van der Waals surface area contributed by atoms with E-state index >= 15 is 0 Å². The summed E-state index contributed by atoms with van der Waals surface area (Å²) in [5.74, 6) is -2.11. The summed E-state index contributed by atoms with van der Waals surface area (Å²) in [5.41, 5.74) is 1.12. The Morgan fingerprint density at radius 1 is 1.38 bits per heavy atom. The van der Waals surface area contributed by atoms with Gasteiger partial charge in [0.15, 0.2) is 11.6 Å². The minimum Gasteiger partial charge on any atom is -0.351 e. The SMILES string of the molecule is CCn1cc(C(=O)NC[C@H](C)c2ccc(F)c(F)c2)cn1. The molecule has 2 aromatic rings. The second-order valence-electron chi connectivity index (χ2n) is 4.87. The predicted octanol–water partition coefficient (Wildman–Crippen LogP) is 2.71. The predicted molar refractivity (Wildman–Crippen MR) is 75.0 cm³/mol. The van der Waals surface area contributed by atoms with Gasteiger partial charge in [-0.3, -0.25) is 9.48 Å². The number of carbonyl (C=O) groups excluding carboxylic acids is 1. The Hall–Kier alpha value is -2.24. The molecule has 1 heterocycles. The van der Waals surface area contributed by atoms with Crippen molar-refractivity contribution in [2.45, 2.75) is 26.3 Å². The van der Waals surface area contributed by atoms with Crippen LogP contribution in [0.15, 0.2) is 30.6 Å². The molecule has 0 aliphatic carbocycles. The minimum absolute atomic E-state index is 0.120. The fourth-order valence-electron chi connectivity index (χ4n) is 1.94. The third-order valence-corrected chi connectivity index (χ3v) is 3.30. The van der Waals surface area contributed by atoms with Crippen molar-refractivity contribution >= 4 is 5.91 Å². The van der Waals surface area contributed by atoms with E-state index in [0.717, 1.165) is 12.1 Å². The van der Waals surface area contributed by atoms with Crippen molar-refractivity contribution in [2.75, 3.05) is 6.54 Å². The average molecular weight is 293 g/mol. The lowest BCUT2D eigenvalue weighted by Crippen LogP contribution is -2.27. The number of aryl methyl sites for hydroxylation is 1. The molecule has 0 bridgehead atoms. The second kappa shape index (κ2) is 6.47. The van der Waals surface area contributed by atoms with Gasteiger partial charge in [0.25, 0.3) is 5.91 Å². The van der Waals surface area contributed by atoms with Gasteiger partial charge in [-0.05, 0) is 30.5 Å². The van der Waals surface area contributed by atoms with Crippen LogP contribution < -0.4 is 5.32 Å². The standard InChI is InChI=1S/C15H17F2N3O/c1-3-20-9-12(8-19-20)15(21)18-7-10(2)11-4-5-13(16)14(17)6-11/h4-6,8-10H,3,7H2,1-2H3,(H,18,21)/t10-/m0/s1. The van der Waals surface area contributed by atoms with Gasteiger partial charge in [0, 0.05) is 19.3 Å². The maximum atomic E-state index is 13.2. The van der Waals surface area contributed by atoms with E-state index in [1.54, 1.807) is 10.9 Å². The van der Waals surface area contributed by atoms with Gasteiger partial charge in [0.1, 0.15) is 0 Å². The third kappa shape index (κ3) is 3.65. The molecule has 21 heavy (non-hydrogen) atoms. The lowest BCUT2D eigenvalue weighted by Gasteiger charge is -2.13. The van der Waals surface area contributed by atoms with Gasteiger partial charge in [-0.1, -0.05) is 13.0 Å². The molecule has 0 saturated heterocycles. The highest BCUT2D eigenvalue weighted by molar-refractivity contribution is 5.93. The molecule has 1 amide bonds. The van der Waals surface area contributed by atoms with Crippen LogP contribution in [0.1, 0.15) is 35.7 Å². The quantitative estimate of drug-likeness (QED) is 0.921. The number of halogens is 2. The van der Waals surface area contributed by atoms with Crippen LogP contribution in [0.2, 0.25) is 0 Å². The van der Waals surface area contributed by atoms with E-state index in [4.69, 9.17) is 0 Å². The molecule has 112 valence electrons. The lowest BCUT2D eigenvalue weighted by molar-refractivity contribution is 0.0951. The minimum atomic E-state index is -0.880. The first-order chi connectivity index (χ1) is 10.0. The third-order valence-electron chi connectivity index (χ3n) is 3.30. The molecule has 0 fully saturated rings. The normalized spacial score (nSPS) is 12.2. The molecular formula is C15H17F2N3O. The van der Waals surface area contributed by atoms with Gasteiger partial charge < -0.3 is 5.32 Å². The number of nitrogens with zero attached hydrogens (tertiary/aromatic N) is 2. The van der Waals surface area contributed by atoms with E-state index in [1.807, 2.05) is 13.8 Å². The Balaban J connectivity index is 1.95. The number of carbonyl (C=O) groups is 1. The summed E-state index contributed by atoms with van der Waals surface area (Å²) in [6.45, 7) is 4.79. The van der Waals surface area contributed by atoms with Crippen LogP contribution in [0.4, 0.5) is 8.78 Å². The number of rotatable bonds is 5. The zero-order chi connectivity index (χ0) is 15.4. The van der Waals surface area contributed by atoms with Crippen LogP contribution in [0, 0.1) is 11.6 Å². The summed E-state index contributed by atoms with van der Waals surface area (Å²) >= 11 is 0. The van der Waals surface area contributed by atoms with Gasteiger partial charge in [0.05, 0.1) is 11.8 Å². The van der Waals surface area contributed by atoms with Gasteiger partial charge >= 0.3 is 0 Å². The number of nitrogens with one attached hydrogen (secondary N) is 1. The van der Waals surface area contributed by atoms with Gasteiger partial charge in [-0.25, -0.2) is 8.78 Å². The van der Waals surface area contributed by atoms with Crippen LogP contribution in [0.25, 0.3) is 0 Å². The molecule has 1 N–H and O–H groups in total. The van der Waals surface area contributed by atoms with Crippen LogP contribution in [-0.4, -0.2) is 22.2 Å². The fourth-order valence-corrected chi connectivity index (χ4v) is 1.94. The van der Waals surface area contributed by atoms with Crippen molar-refractivity contribution in [1.29, 1.82) is 0 Å². The van der Waals surface area contributed by atoms with Crippen LogP contribution >= 0.6 is 0 Å². The van der Waals surface area contributed by atoms with Crippen molar-refractivity contribution in [2.24, 2.45) is 0 Å². The Labute approximate surface area is 121 Å². The molecule has 1 aromatic heterocycles. The summed E-state index contributed by atoms with van der Waals surface area (Å²) in [4.78, 5) is 11.9. The molecule has 4 nitrogen and oxygen atoms in total. The maximum absolute atomic E-state index is 13.2. The molecule has 0 unspecified atom stereocenters. The Kier molecular flexibility index (Phi) is 4.67. The highest BCUT2D eigenvalue weighted by Gasteiger charge is 2.12. The van der Waals surface area contributed by atoms with Crippen molar-refractivity contribution in [3.63, 3.8) is 0 Å². The summed E-state index contributed by atoms with van der Waals surface area (Å²) in [5, 5.41) is 6.79. The zero-order valence-corrected chi connectivity index (χ0v) is 11.9. The highest BCUT2D eigenvalue weighted by atomic mass is 19.2. The van der Waals surface area contributed by atoms with Crippen molar-refractivity contribution < 1.29 is 13.6 Å². The van der Waals surface area contributed by atoms with E-state index in [9.17, 15) is 13.6 Å². The summed E-state index contributed by atoms with van der Waals surface area (Å²) in [6, 6.07) is 3.76. The van der Waals surface area contributed by atoms with Crippen molar-refractivity contribution in [3.8, 4) is 0 Å². The molecule has 1 aromatic carbocycles. The first-order valence-corrected chi connectivity index (χ1v) is 6.77. The first kappa shape index (κ1) is 15.2. The first-order valence-electron chi connectivity index (χ1n) is 6.77. The van der Waals surface area contributed by atoms with E-state index in [1.165, 1.54) is 12.3 Å². The molecule has 0 spiro atoms. The summed E-state index contributed by atoms with van der Waals surface area (Å²) < 4.78 is 27.7. The molecule has 0 aliphatic heterocycles. The van der Waals surface area contributed by atoms with Crippen LogP contribution in [-0.2, 0) is 6.54 Å². The molecule has 2 rings (SSSR count). The fraction of sp³-hybridized carbons (Fsp3) is 0.333. The Morgan fingerprint density at radius 3 is 2.76 bits per heavy atom. The number of hydrogen-bond acceptors (Lipinski definition) is 2. The molecule has 0 saturated carbocycles. The van der Waals surface area contributed by atoms with Crippen LogP contribution in [0.3, 0.4) is 0 Å². The Morgan fingerprint density at radius 2 is 2.14 bits per heavy atom. The summed E-state index contributed by atoms with van der Waals surface area (Å²) in [6.07, 6.45) is 3.17. The smallest absolute Gasteiger partial charge is 0.254 e. The number of hydrogen-bond donors (Lipinski definition) is 1. The van der Waals surface area contributed by atoms with E-state index in [2.05, 4.69) is 10.4 Å². The van der Waals surface area contributed by atoms with E-state index < -0.39 is 11.6 Å². The lowest BCUT2D eigenvalue weighted by atomic mass is 10.0. The molecular weight excluding hydrogens is 276 g/mol. The van der Waals surface area contributed by atoms with Crippen LogP contribution in [0.5, 0.6) is 0 Å². The largest absolute Gasteiger partial charge is 0.351 e. The Bertz CT molecular complexity index is 640. The summed E-state index contributed by atoms with van der Waals surface area (Å²) in [7, 11) is 0. The number of amides is 1. The second-order valence-corrected chi connectivity index (χ2v) is 4.87. The maximum Gasteiger partial charge on any atom is 0.254 e. The number of benzene rings is 1. The van der Waals surface area contributed by atoms with Crippen molar-refractivity contribution in [3.05, 3.63) is 53.4 Å². The van der Waals surface area contributed by atoms with E-state index in [-0.39, 0.29) is 11.8 Å². The van der Waals surface area contributed by atoms with E-state index in [0.29, 0.717) is 24.2 Å². The highest BCUT2D eigenvalue weighted by Crippen LogP contribution is 2.17. The van der Waals surface area contributed by atoms with Gasteiger partial charge in [-0.2, -0.15) is 5.10 Å². The molecule has 6 heteroatoms. The molecule has 0 aliphatic rings. The van der Waals surface area contributed by atoms with Crippen molar-refractivity contribution in [1.82, 2.24) is 15.1 Å². The van der Waals surface area contributed by atoms with Gasteiger partial charge in [-0.15, -0.1) is 0 Å².